The average molecular weight is 340 g/mol. The van der Waals surface area contributed by atoms with Crippen molar-refractivity contribution in [1.82, 2.24) is 10.3 Å². The molecule has 116 valence electrons. The molecule has 0 saturated carbocycles. The fourth-order valence-electron chi connectivity index (χ4n) is 1.70. The third-order valence-corrected chi connectivity index (χ3v) is 3.70. The summed E-state index contributed by atoms with van der Waals surface area (Å²) in [6.45, 7) is 1.40. The Hall–Kier alpha value is -1.96. The van der Waals surface area contributed by atoms with Gasteiger partial charge >= 0.3 is 0 Å². The number of aliphatic hydroxyl groups excluding tert-OH is 1. The summed E-state index contributed by atoms with van der Waals surface area (Å²) in [7, 11) is 0. The van der Waals surface area contributed by atoms with Crippen LogP contribution in [0.3, 0.4) is 0 Å². The molecule has 1 atom stereocenters. The third kappa shape index (κ3) is 4.52. The van der Waals surface area contributed by atoms with Gasteiger partial charge in [-0.25, -0.2) is 4.98 Å². The molecule has 2 amide bonds. The van der Waals surface area contributed by atoms with Crippen molar-refractivity contribution in [2.75, 3.05) is 11.9 Å². The highest BCUT2D eigenvalue weighted by molar-refractivity contribution is 7.14. The molecule has 1 aromatic heterocycles. The number of benzene rings is 1. The molecule has 0 saturated heterocycles. The maximum absolute atomic E-state index is 11.9. The van der Waals surface area contributed by atoms with Crippen molar-refractivity contribution in [3.8, 4) is 0 Å². The van der Waals surface area contributed by atoms with E-state index in [9.17, 15) is 14.7 Å². The van der Waals surface area contributed by atoms with Crippen LogP contribution in [0.25, 0.3) is 0 Å². The number of hydrogen-bond donors (Lipinski definition) is 3. The number of carbonyl (C=O) groups is 2. The first-order valence-corrected chi connectivity index (χ1v) is 7.66. The molecule has 0 radical (unpaired) electrons. The Morgan fingerprint density at radius 1 is 1.45 bits per heavy atom. The molecule has 1 heterocycles. The van der Waals surface area contributed by atoms with Crippen LogP contribution in [0.1, 0.15) is 29.1 Å². The quantitative estimate of drug-likeness (QED) is 0.779. The maximum Gasteiger partial charge on any atom is 0.270 e. The lowest BCUT2D eigenvalue weighted by molar-refractivity contribution is -0.114. The fraction of sp³-hybridized carbons (Fsp3) is 0.214. The van der Waals surface area contributed by atoms with Gasteiger partial charge in [-0.2, -0.15) is 0 Å². The molecule has 0 aliphatic rings. The molecule has 22 heavy (non-hydrogen) atoms. The van der Waals surface area contributed by atoms with Crippen LogP contribution in [0.5, 0.6) is 0 Å². The molecule has 0 spiro atoms. The number of thiazole rings is 1. The third-order valence-electron chi connectivity index (χ3n) is 2.71. The minimum atomic E-state index is -0.865. The highest BCUT2D eigenvalue weighted by Crippen LogP contribution is 2.18. The number of anilines is 1. The van der Waals surface area contributed by atoms with Gasteiger partial charge in [0.1, 0.15) is 5.69 Å². The van der Waals surface area contributed by atoms with E-state index in [1.165, 1.54) is 12.3 Å². The Kier molecular flexibility index (Phi) is 5.48. The van der Waals surface area contributed by atoms with Crippen LogP contribution in [0, 0.1) is 0 Å². The highest BCUT2D eigenvalue weighted by Gasteiger charge is 2.14. The number of nitrogens with one attached hydrogen (secondary N) is 2. The van der Waals surface area contributed by atoms with Crippen LogP contribution < -0.4 is 10.6 Å². The Labute approximate surface area is 136 Å². The molecular formula is C14H14ClN3O3S. The first-order valence-electron chi connectivity index (χ1n) is 6.40. The van der Waals surface area contributed by atoms with Crippen molar-refractivity contribution in [3.63, 3.8) is 0 Å². The van der Waals surface area contributed by atoms with E-state index in [0.29, 0.717) is 15.7 Å². The molecular weight excluding hydrogens is 326 g/mol. The second-order valence-electron chi connectivity index (χ2n) is 4.50. The first-order chi connectivity index (χ1) is 10.5. The van der Waals surface area contributed by atoms with Gasteiger partial charge in [0, 0.05) is 23.9 Å². The number of rotatable bonds is 5. The fourth-order valence-corrected chi connectivity index (χ4v) is 2.63. The van der Waals surface area contributed by atoms with Crippen molar-refractivity contribution < 1.29 is 14.7 Å². The smallest absolute Gasteiger partial charge is 0.270 e. The van der Waals surface area contributed by atoms with Crippen LogP contribution in [-0.4, -0.2) is 28.4 Å². The van der Waals surface area contributed by atoms with Crippen LogP contribution >= 0.6 is 22.9 Å². The molecule has 8 heteroatoms. The zero-order valence-electron chi connectivity index (χ0n) is 11.7. The van der Waals surface area contributed by atoms with Gasteiger partial charge in [-0.05, 0) is 17.7 Å². The SMILES string of the molecule is CC(=O)Nc1nc(C(=O)NCC(O)c2cccc(Cl)c2)cs1. The van der Waals surface area contributed by atoms with Crippen molar-refractivity contribution >= 4 is 39.9 Å². The number of aromatic nitrogens is 1. The molecule has 1 aromatic carbocycles. The van der Waals surface area contributed by atoms with Gasteiger partial charge in [0.05, 0.1) is 6.10 Å². The van der Waals surface area contributed by atoms with Crippen molar-refractivity contribution in [2.45, 2.75) is 13.0 Å². The van der Waals surface area contributed by atoms with Crippen LogP contribution in [0.15, 0.2) is 29.6 Å². The molecule has 0 fully saturated rings. The molecule has 2 aromatic rings. The van der Waals surface area contributed by atoms with Crippen molar-refractivity contribution in [1.29, 1.82) is 0 Å². The monoisotopic (exact) mass is 339 g/mol. The number of halogens is 1. The van der Waals surface area contributed by atoms with E-state index in [2.05, 4.69) is 15.6 Å². The van der Waals surface area contributed by atoms with Crippen LogP contribution in [0.4, 0.5) is 5.13 Å². The summed E-state index contributed by atoms with van der Waals surface area (Å²) >= 11 is 7.01. The van der Waals surface area contributed by atoms with Crippen molar-refractivity contribution in [2.24, 2.45) is 0 Å². The number of hydrogen-bond acceptors (Lipinski definition) is 5. The van der Waals surface area contributed by atoms with Gasteiger partial charge in [-0.3, -0.25) is 9.59 Å². The Balaban J connectivity index is 1.92. The van der Waals surface area contributed by atoms with Crippen LogP contribution in [-0.2, 0) is 4.79 Å². The Morgan fingerprint density at radius 2 is 2.23 bits per heavy atom. The number of aliphatic hydroxyl groups is 1. The molecule has 0 aliphatic carbocycles. The van der Waals surface area contributed by atoms with Crippen molar-refractivity contribution in [3.05, 3.63) is 45.9 Å². The van der Waals surface area contributed by atoms with Gasteiger partial charge < -0.3 is 15.7 Å². The summed E-state index contributed by atoms with van der Waals surface area (Å²) in [6, 6.07) is 6.79. The minimum Gasteiger partial charge on any atom is -0.387 e. The highest BCUT2D eigenvalue weighted by atomic mass is 35.5. The van der Waals surface area contributed by atoms with E-state index < -0.39 is 12.0 Å². The summed E-state index contributed by atoms with van der Waals surface area (Å²) in [5.74, 6) is -0.674. The zero-order chi connectivity index (χ0) is 16.1. The van der Waals surface area contributed by atoms with E-state index >= 15 is 0 Å². The summed E-state index contributed by atoms with van der Waals surface area (Å²) in [5, 5.41) is 17.5. The molecule has 6 nitrogen and oxygen atoms in total. The summed E-state index contributed by atoms with van der Waals surface area (Å²) in [4.78, 5) is 26.8. The maximum atomic E-state index is 11.9. The van der Waals surface area contributed by atoms with E-state index in [1.807, 2.05) is 0 Å². The standard InChI is InChI=1S/C14H14ClN3O3S/c1-8(19)17-14-18-11(7-22-14)13(21)16-6-12(20)9-3-2-4-10(15)5-9/h2-5,7,12,20H,6H2,1H3,(H,16,21)(H,17,18,19). The lowest BCUT2D eigenvalue weighted by atomic mass is 10.1. The molecule has 0 aliphatic heterocycles. The predicted octanol–water partition coefficient (Wildman–Crippen LogP) is 2.22. The second-order valence-corrected chi connectivity index (χ2v) is 5.79. The average Bonchev–Trinajstić information content (AvgIpc) is 2.92. The summed E-state index contributed by atoms with van der Waals surface area (Å²) in [5.41, 5.74) is 0.803. The van der Waals surface area contributed by atoms with Gasteiger partial charge in [-0.1, -0.05) is 23.7 Å². The van der Waals surface area contributed by atoms with Gasteiger partial charge in [0.2, 0.25) is 5.91 Å². The molecule has 3 N–H and O–H groups in total. The van der Waals surface area contributed by atoms with E-state index in [4.69, 9.17) is 11.6 Å². The molecule has 2 rings (SSSR count). The first kappa shape index (κ1) is 16.4. The van der Waals surface area contributed by atoms with Gasteiger partial charge in [0.15, 0.2) is 5.13 Å². The predicted molar refractivity (Wildman–Crippen MR) is 85.2 cm³/mol. The lowest BCUT2D eigenvalue weighted by Gasteiger charge is -2.11. The Bertz CT molecular complexity index is 689. The van der Waals surface area contributed by atoms with E-state index in [1.54, 1.807) is 24.3 Å². The number of nitrogens with zero attached hydrogens (tertiary/aromatic N) is 1. The van der Waals surface area contributed by atoms with Crippen LogP contribution in [0.2, 0.25) is 5.02 Å². The normalized spacial score (nSPS) is 11.8. The molecule has 0 bridgehead atoms. The number of amides is 2. The van der Waals surface area contributed by atoms with E-state index in [0.717, 1.165) is 11.3 Å². The van der Waals surface area contributed by atoms with Gasteiger partial charge in [0.25, 0.3) is 5.91 Å². The summed E-state index contributed by atoms with van der Waals surface area (Å²) in [6.07, 6.45) is -0.865. The van der Waals surface area contributed by atoms with Gasteiger partial charge in [-0.15, -0.1) is 11.3 Å². The number of carbonyl (C=O) groups excluding carboxylic acids is 2. The summed E-state index contributed by atoms with van der Waals surface area (Å²) < 4.78 is 0. The topological polar surface area (TPSA) is 91.3 Å². The molecule has 1 unspecified atom stereocenters. The second kappa shape index (κ2) is 7.35. The Morgan fingerprint density at radius 3 is 2.91 bits per heavy atom. The zero-order valence-corrected chi connectivity index (χ0v) is 13.2. The minimum absolute atomic E-state index is 0.0339. The van der Waals surface area contributed by atoms with E-state index in [-0.39, 0.29) is 18.1 Å². The largest absolute Gasteiger partial charge is 0.387 e. The lowest BCUT2D eigenvalue weighted by Crippen LogP contribution is -2.28.